The average Bonchev–Trinajstić information content (AvgIpc) is 3.41. The molecular weight excluding hydrogens is 467 g/mol. The SMILES string of the molecule is [C-]#[N+]c1sccc1-c1c(-c2cccc(C)c2)n(S(=O)(=O)c2ccc(C)cc2)c2ccc(F)cc12. The molecule has 34 heavy (non-hydrogen) atoms. The third-order valence-corrected chi connectivity index (χ3v) is 8.29. The van der Waals surface area contributed by atoms with E-state index < -0.39 is 15.8 Å². The van der Waals surface area contributed by atoms with Gasteiger partial charge in [0.25, 0.3) is 10.0 Å². The molecule has 0 aliphatic rings. The van der Waals surface area contributed by atoms with Crippen LogP contribution in [0.1, 0.15) is 11.1 Å². The van der Waals surface area contributed by atoms with Crippen LogP contribution in [0.25, 0.3) is 38.1 Å². The summed E-state index contributed by atoms with van der Waals surface area (Å²) >= 11 is 1.27. The molecule has 168 valence electrons. The lowest BCUT2D eigenvalue weighted by atomic mass is 9.99. The molecule has 7 heteroatoms. The van der Waals surface area contributed by atoms with E-state index >= 15 is 0 Å². The van der Waals surface area contributed by atoms with E-state index in [2.05, 4.69) is 4.85 Å². The van der Waals surface area contributed by atoms with Crippen molar-refractivity contribution in [3.63, 3.8) is 0 Å². The molecule has 4 nitrogen and oxygen atoms in total. The molecule has 3 aromatic carbocycles. The second-order valence-electron chi connectivity index (χ2n) is 8.09. The van der Waals surface area contributed by atoms with Gasteiger partial charge in [-0.25, -0.2) is 21.6 Å². The van der Waals surface area contributed by atoms with Crippen molar-refractivity contribution in [3.8, 4) is 22.4 Å². The van der Waals surface area contributed by atoms with Gasteiger partial charge in [0.15, 0.2) is 0 Å². The minimum Gasteiger partial charge on any atom is -0.233 e. The first-order valence-electron chi connectivity index (χ1n) is 10.5. The topological polar surface area (TPSA) is 43.4 Å². The van der Waals surface area contributed by atoms with Crippen LogP contribution in [0.2, 0.25) is 0 Å². The normalized spacial score (nSPS) is 11.6. The molecule has 0 atom stereocenters. The molecule has 5 rings (SSSR count). The van der Waals surface area contributed by atoms with Gasteiger partial charge in [0.2, 0.25) is 5.00 Å². The number of rotatable bonds is 4. The zero-order chi connectivity index (χ0) is 24.0. The van der Waals surface area contributed by atoms with E-state index in [1.54, 1.807) is 35.7 Å². The third-order valence-electron chi connectivity index (χ3n) is 5.75. The molecule has 2 heterocycles. The molecule has 0 unspecified atom stereocenters. The number of fused-ring (bicyclic) bond motifs is 1. The maximum atomic E-state index is 14.5. The minimum absolute atomic E-state index is 0.135. The zero-order valence-corrected chi connectivity index (χ0v) is 20.0. The van der Waals surface area contributed by atoms with Crippen LogP contribution >= 0.6 is 11.3 Å². The molecule has 0 radical (unpaired) electrons. The molecule has 0 amide bonds. The number of hydrogen-bond acceptors (Lipinski definition) is 3. The van der Waals surface area contributed by atoms with E-state index in [1.807, 2.05) is 38.1 Å². The predicted octanol–water partition coefficient (Wildman–Crippen LogP) is 7.58. The lowest BCUT2D eigenvalue weighted by Crippen LogP contribution is -2.14. The van der Waals surface area contributed by atoms with Gasteiger partial charge in [-0.1, -0.05) is 47.5 Å². The molecule has 0 bridgehead atoms. The van der Waals surface area contributed by atoms with Crippen LogP contribution in [0.5, 0.6) is 0 Å². The molecular formula is C27H19FN2O2S2. The fraction of sp³-hybridized carbons (Fsp3) is 0.0741. The van der Waals surface area contributed by atoms with Crippen LogP contribution in [-0.2, 0) is 10.0 Å². The summed E-state index contributed by atoms with van der Waals surface area (Å²) in [7, 11) is -4.06. The number of aryl methyl sites for hydroxylation is 2. The van der Waals surface area contributed by atoms with Crippen LogP contribution in [0.15, 0.2) is 83.1 Å². The highest BCUT2D eigenvalue weighted by Crippen LogP contribution is 2.47. The second kappa shape index (κ2) is 8.24. The first-order valence-corrected chi connectivity index (χ1v) is 12.8. The first kappa shape index (κ1) is 22.1. The molecule has 0 saturated heterocycles. The van der Waals surface area contributed by atoms with Gasteiger partial charge in [-0.15, -0.1) is 0 Å². The molecule has 0 spiro atoms. The van der Waals surface area contributed by atoms with Crippen molar-refractivity contribution < 1.29 is 12.8 Å². The number of aromatic nitrogens is 1. The van der Waals surface area contributed by atoms with Crippen molar-refractivity contribution in [2.45, 2.75) is 18.7 Å². The van der Waals surface area contributed by atoms with Gasteiger partial charge < -0.3 is 0 Å². The van der Waals surface area contributed by atoms with Crippen molar-refractivity contribution >= 4 is 37.3 Å². The predicted molar refractivity (Wildman–Crippen MR) is 135 cm³/mol. The molecule has 5 aromatic rings. The molecule has 0 saturated carbocycles. The van der Waals surface area contributed by atoms with E-state index in [9.17, 15) is 12.8 Å². The summed E-state index contributed by atoms with van der Waals surface area (Å²) in [5.41, 5.74) is 4.45. The van der Waals surface area contributed by atoms with Crippen molar-refractivity contribution in [2.75, 3.05) is 0 Å². The van der Waals surface area contributed by atoms with Gasteiger partial charge in [0, 0.05) is 22.1 Å². The largest absolute Gasteiger partial charge is 0.268 e. The molecule has 0 N–H and O–H groups in total. The van der Waals surface area contributed by atoms with E-state index in [0.717, 1.165) is 11.1 Å². The minimum atomic E-state index is -4.06. The first-order chi connectivity index (χ1) is 16.3. The van der Waals surface area contributed by atoms with Gasteiger partial charge in [-0.05, 0) is 55.6 Å². The number of benzene rings is 3. The summed E-state index contributed by atoms with van der Waals surface area (Å²) in [6, 6.07) is 20.1. The smallest absolute Gasteiger partial charge is 0.233 e. The van der Waals surface area contributed by atoms with Crippen molar-refractivity contribution in [1.29, 1.82) is 0 Å². The Morgan fingerprint density at radius 2 is 1.71 bits per heavy atom. The van der Waals surface area contributed by atoms with Crippen molar-refractivity contribution in [2.24, 2.45) is 0 Å². The lowest BCUT2D eigenvalue weighted by molar-refractivity contribution is 0.589. The van der Waals surface area contributed by atoms with Crippen molar-refractivity contribution in [3.05, 3.63) is 107 Å². The van der Waals surface area contributed by atoms with Crippen LogP contribution in [0.3, 0.4) is 0 Å². The monoisotopic (exact) mass is 486 g/mol. The van der Waals surface area contributed by atoms with E-state index in [1.165, 1.54) is 33.5 Å². The molecule has 0 aliphatic heterocycles. The molecule has 0 fully saturated rings. The molecule has 0 aliphatic carbocycles. The maximum Gasteiger partial charge on any atom is 0.268 e. The Morgan fingerprint density at radius 3 is 2.41 bits per heavy atom. The number of thiophene rings is 1. The summed E-state index contributed by atoms with van der Waals surface area (Å²) in [5, 5.41) is 2.65. The summed E-state index contributed by atoms with van der Waals surface area (Å²) in [4.78, 5) is 3.78. The maximum absolute atomic E-state index is 14.5. The van der Waals surface area contributed by atoms with Crippen LogP contribution in [-0.4, -0.2) is 12.4 Å². The Hall–Kier alpha value is -3.73. The Bertz CT molecular complexity index is 1710. The van der Waals surface area contributed by atoms with E-state index in [-0.39, 0.29) is 4.90 Å². The Morgan fingerprint density at radius 1 is 0.941 bits per heavy atom. The summed E-state index contributed by atoms with van der Waals surface area (Å²) in [5.74, 6) is -0.478. The highest BCUT2D eigenvalue weighted by molar-refractivity contribution is 7.90. The fourth-order valence-electron chi connectivity index (χ4n) is 4.21. The van der Waals surface area contributed by atoms with Gasteiger partial charge in [-0.2, -0.15) is 11.3 Å². The van der Waals surface area contributed by atoms with Gasteiger partial charge in [0.1, 0.15) is 5.82 Å². The van der Waals surface area contributed by atoms with E-state index in [0.29, 0.717) is 38.3 Å². The number of halogens is 1. The third kappa shape index (κ3) is 3.52. The number of hydrogen-bond donors (Lipinski definition) is 0. The zero-order valence-electron chi connectivity index (χ0n) is 18.4. The average molecular weight is 487 g/mol. The second-order valence-corrected chi connectivity index (χ2v) is 10.8. The highest BCUT2D eigenvalue weighted by Gasteiger charge is 2.30. The van der Waals surface area contributed by atoms with E-state index in [4.69, 9.17) is 6.57 Å². The highest BCUT2D eigenvalue weighted by atomic mass is 32.2. The van der Waals surface area contributed by atoms with Crippen LogP contribution in [0, 0.1) is 26.2 Å². The lowest BCUT2D eigenvalue weighted by Gasteiger charge is -2.14. The number of nitrogens with zero attached hydrogens (tertiary/aromatic N) is 2. The Labute approximate surface area is 201 Å². The van der Waals surface area contributed by atoms with Gasteiger partial charge in [0.05, 0.1) is 22.7 Å². The molecule has 2 aromatic heterocycles. The quantitative estimate of drug-likeness (QED) is 0.246. The van der Waals surface area contributed by atoms with Gasteiger partial charge in [-0.3, -0.25) is 0 Å². The Kier molecular flexibility index (Phi) is 5.35. The van der Waals surface area contributed by atoms with Crippen LogP contribution in [0.4, 0.5) is 9.39 Å². The summed E-state index contributed by atoms with van der Waals surface area (Å²) in [6.07, 6.45) is 0. The standard InChI is InChI=1S/C27H19FN2O2S2/c1-17-7-10-21(11-8-17)34(31,32)30-24-12-9-20(28)16-23(24)25(22-13-14-33-27(22)29-3)26(30)19-6-4-5-18(2)15-19/h4-16H,1-2H3. The summed E-state index contributed by atoms with van der Waals surface area (Å²) in [6.45, 7) is 11.5. The Balaban J connectivity index is 2.00. The van der Waals surface area contributed by atoms with Crippen molar-refractivity contribution in [1.82, 2.24) is 3.97 Å². The van der Waals surface area contributed by atoms with Crippen LogP contribution < -0.4 is 0 Å². The summed E-state index contributed by atoms with van der Waals surface area (Å²) < 4.78 is 43.9. The fourth-order valence-corrected chi connectivity index (χ4v) is 6.43. The van der Waals surface area contributed by atoms with Gasteiger partial charge >= 0.3 is 0 Å².